The van der Waals surface area contributed by atoms with Crippen molar-refractivity contribution in [2.24, 2.45) is 0 Å². The number of fused-ring (bicyclic) bond motifs is 1. The lowest BCUT2D eigenvalue weighted by atomic mass is 10.5. The Labute approximate surface area is 108 Å². The monoisotopic (exact) mass is 279 g/mol. The van der Waals surface area contributed by atoms with Crippen molar-refractivity contribution in [2.45, 2.75) is 0 Å². The van der Waals surface area contributed by atoms with Crippen molar-refractivity contribution in [3.05, 3.63) is 39.6 Å². The van der Waals surface area contributed by atoms with Crippen LogP contribution >= 0.6 is 11.3 Å². The van der Waals surface area contributed by atoms with Crippen LogP contribution in [0.3, 0.4) is 0 Å². The summed E-state index contributed by atoms with van der Waals surface area (Å²) in [6.45, 7) is 0. The molecule has 0 aromatic carbocycles. The van der Waals surface area contributed by atoms with Crippen LogP contribution in [0.4, 0.5) is 5.82 Å². The molecule has 1 N–H and O–H groups in total. The van der Waals surface area contributed by atoms with Crippen LogP contribution in [0.5, 0.6) is 0 Å². The summed E-state index contributed by atoms with van der Waals surface area (Å²) in [5.41, 5.74) is -0.203. The molecule has 19 heavy (non-hydrogen) atoms. The van der Waals surface area contributed by atoms with E-state index in [2.05, 4.69) is 10.1 Å². The van der Waals surface area contributed by atoms with Gasteiger partial charge >= 0.3 is 11.8 Å². The number of aromatic carboxylic acids is 1. The highest BCUT2D eigenvalue weighted by atomic mass is 32.1. The molecule has 0 atom stereocenters. The molecular weight excluding hydrogens is 274 g/mol. The Morgan fingerprint density at radius 1 is 1.47 bits per heavy atom. The Morgan fingerprint density at radius 2 is 2.26 bits per heavy atom. The van der Waals surface area contributed by atoms with Crippen LogP contribution in [0, 0.1) is 10.1 Å². The summed E-state index contributed by atoms with van der Waals surface area (Å²) in [5, 5.41) is 25.3. The second-order valence-corrected chi connectivity index (χ2v) is 4.40. The molecule has 0 aliphatic carbocycles. The highest BCUT2D eigenvalue weighted by Gasteiger charge is 2.26. The molecular formula is C9H5N5O4S. The van der Waals surface area contributed by atoms with Crippen molar-refractivity contribution in [3.8, 4) is 5.82 Å². The maximum atomic E-state index is 11.1. The molecule has 3 aromatic heterocycles. The Kier molecular flexibility index (Phi) is 2.32. The van der Waals surface area contributed by atoms with Crippen molar-refractivity contribution in [3.63, 3.8) is 0 Å². The van der Waals surface area contributed by atoms with Gasteiger partial charge in [-0.15, -0.1) is 0 Å². The van der Waals surface area contributed by atoms with E-state index >= 15 is 0 Å². The van der Waals surface area contributed by atoms with Gasteiger partial charge in [0.05, 0.1) is 0 Å². The van der Waals surface area contributed by atoms with Crippen LogP contribution in [0.1, 0.15) is 10.5 Å². The molecule has 3 rings (SSSR count). The van der Waals surface area contributed by atoms with Gasteiger partial charge in [0, 0.05) is 11.6 Å². The normalized spacial score (nSPS) is 10.9. The molecule has 0 amide bonds. The van der Waals surface area contributed by atoms with Crippen LogP contribution in [0.25, 0.3) is 10.8 Å². The lowest BCUT2D eigenvalue weighted by molar-refractivity contribution is -0.390. The first-order valence-corrected chi connectivity index (χ1v) is 5.85. The summed E-state index contributed by atoms with van der Waals surface area (Å²) in [6, 6.07) is 1.25. The van der Waals surface area contributed by atoms with Gasteiger partial charge < -0.3 is 15.2 Å². The van der Waals surface area contributed by atoms with Gasteiger partial charge in [0.15, 0.2) is 5.69 Å². The lowest BCUT2D eigenvalue weighted by Gasteiger charge is -1.97. The number of carboxylic acid groups (broad SMARTS) is 1. The SMILES string of the molecule is O=C(O)c1ccn(-c2nc3sccn3c2[N+](=O)[O-])n1. The van der Waals surface area contributed by atoms with Crippen molar-refractivity contribution in [1.29, 1.82) is 0 Å². The average Bonchev–Trinajstić information content (AvgIpc) is 3.02. The minimum atomic E-state index is -1.21. The molecule has 0 fully saturated rings. The van der Waals surface area contributed by atoms with Crippen molar-refractivity contribution >= 4 is 28.1 Å². The zero-order valence-corrected chi connectivity index (χ0v) is 9.94. The fourth-order valence-electron chi connectivity index (χ4n) is 1.64. The topological polar surface area (TPSA) is 116 Å². The Hall–Kier alpha value is -2.75. The molecule has 0 aliphatic heterocycles. The fourth-order valence-corrected chi connectivity index (χ4v) is 2.35. The molecule has 3 heterocycles. The number of aromatic nitrogens is 4. The number of carboxylic acids is 1. The number of nitro groups is 1. The van der Waals surface area contributed by atoms with Gasteiger partial charge in [-0.25, -0.2) is 9.48 Å². The summed E-state index contributed by atoms with van der Waals surface area (Å²) < 4.78 is 2.41. The zero-order valence-electron chi connectivity index (χ0n) is 9.13. The van der Waals surface area contributed by atoms with Crippen LogP contribution in [0.2, 0.25) is 0 Å². The van der Waals surface area contributed by atoms with E-state index in [1.54, 1.807) is 5.38 Å². The Bertz CT molecular complexity index is 801. The first kappa shape index (κ1) is 11.3. The van der Waals surface area contributed by atoms with E-state index in [4.69, 9.17) is 5.11 Å². The van der Waals surface area contributed by atoms with Gasteiger partial charge in [-0.3, -0.25) is 0 Å². The van der Waals surface area contributed by atoms with Gasteiger partial charge in [-0.2, -0.15) is 14.5 Å². The lowest BCUT2D eigenvalue weighted by Crippen LogP contribution is -2.04. The van der Waals surface area contributed by atoms with Crippen molar-refractivity contribution in [1.82, 2.24) is 19.2 Å². The molecule has 0 spiro atoms. The van der Waals surface area contributed by atoms with Gasteiger partial charge in [-0.05, 0) is 11.0 Å². The van der Waals surface area contributed by atoms with Gasteiger partial charge in [0.1, 0.15) is 6.20 Å². The van der Waals surface area contributed by atoms with E-state index in [9.17, 15) is 14.9 Å². The smallest absolute Gasteiger partial charge is 0.375 e. The average molecular weight is 279 g/mol. The number of hydrogen-bond acceptors (Lipinski definition) is 6. The zero-order chi connectivity index (χ0) is 13.6. The van der Waals surface area contributed by atoms with Crippen LogP contribution in [0.15, 0.2) is 23.8 Å². The number of carbonyl (C=O) groups is 1. The number of hydrogen-bond donors (Lipinski definition) is 1. The Morgan fingerprint density at radius 3 is 2.89 bits per heavy atom. The summed E-state index contributed by atoms with van der Waals surface area (Å²) in [4.78, 5) is 25.8. The minimum absolute atomic E-state index is 0.00986. The number of rotatable bonds is 3. The minimum Gasteiger partial charge on any atom is -0.476 e. The maximum absolute atomic E-state index is 11.1. The molecule has 0 unspecified atom stereocenters. The number of nitrogens with zero attached hydrogens (tertiary/aromatic N) is 5. The fraction of sp³-hybridized carbons (Fsp3) is 0. The molecule has 3 aromatic rings. The first-order chi connectivity index (χ1) is 9.08. The molecule has 0 radical (unpaired) electrons. The highest BCUT2D eigenvalue weighted by molar-refractivity contribution is 7.15. The molecule has 96 valence electrons. The van der Waals surface area contributed by atoms with E-state index < -0.39 is 10.9 Å². The van der Waals surface area contributed by atoms with E-state index in [1.165, 1.54) is 34.2 Å². The first-order valence-electron chi connectivity index (χ1n) is 4.97. The second-order valence-electron chi connectivity index (χ2n) is 3.52. The molecule has 0 saturated heterocycles. The summed E-state index contributed by atoms with van der Waals surface area (Å²) in [5.74, 6) is -1.47. The van der Waals surface area contributed by atoms with E-state index in [0.29, 0.717) is 4.96 Å². The summed E-state index contributed by atoms with van der Waals surface area (Å²) in [6.07, 6.45) is 2.85. The third kappa shape index (κ3) is 1.65. The van der Waals surface area contributed by atoms with Crippen molar-refractivity contribution < 1.29 is 14.8 Å². The van der Waals surface area contributed by atoms with E-state index in [1.807, 2.05) is 0 Å². The summed E-state index contributed by atoms with van der Waals surface area (Å²) >= 11 is 1.24. The standard InChI is InChI=1S/C9H5N5O4S/c15-8(16)5-1-2-13(11-5)6-7(14(17)18)12-3-4-19-9(12)10-6/h1-4H,(H,15,16). The highest BCUT2D eigenvalue weighted by Crippen LogP contribution is 2.26. The second kappa shape index (κ2) is 3.88. The van der Waals surface area contributed by atoms with Crippen LogP contribution in [-0.2, 0) is 0 Å². The van der Waals surface area contributed by atoms with Crippen LogP contribution in [-0.4, -0.2) is 35.2 Å². The largest absolute Gasteiger partial charge is 0.476 e. The predicted molar refractivity (Wildman–Crippen MR) is 63.8 cm³/mol. The van der Waals surface area contributed by atoms with E-state index in [-0.39, 0.29) is 17.3 Å². The molecule has 9 nitrogen and oxygen atoms in total. The molecule has 10 heteroatoms. The molecule has 0 saturated carbocycles. The third-order valence-corrected chi connectivity index (χ3v) is 3.17. The van der Waals surface area contributed by atoms with E-state index in [0.717, 1.165) is 4.68 Å². The maximum Gasteiger partial charge on any atom is 0.375 e. The Balaban J connectivity index is 2.23. The molecule has 0 bridgehead atoms. The van der Waals surface area contributed by atoms with Gasteiger partial charge in [0.25, 0.3) is 10.8 Å². The summed E-state index contributed by atoms with van der Waals surface area (Å²) in [7, 11) is 0. The van der Waals surface area contributed by atoms with Crippen LogP contribution < -0.4 is 0 Å². The number of thiazole rings is 1. The molecule has 0 aliphatic rings. The number of imidazole rings is 1. The van der Waals surface area contributed by atoms with Gasteiger partial charge in [0.2, 0.25) is 0 Å². The van der Waals surface area contributed by atoms with Crippen molar-refractivity contribution in [2.75, 3.05) is 0 Å². The third-order valence-electron chi connectivity index (χ3n) is 2.42. The van der Waals surface area contributed by atoms with Gasteiger partial charge in [-0.1, -0.05) is 11.3 Å². The quantitative estimate of drug-likeness (QED) is 0.568. The predicted octanol–water partition coefficient (Wildman–Crippen LogP) is 1.19.